The number of anilines is 4. The van der Waals surface area contributed by atoms with Gasteiger partial charge in [0.1, 0.15) is 30.0 Å². The third-order valence-electron chi connectivity index (χ3n) is 13.8. The van der Waals surface area contributed by atoms with Gasteiger partial charge in [-0.15, -0.1) is 0 Å². The van der Waals surface area contributed by atoms with Gasteiger partial charge in [0.25, 0.3) is 11.9 Å². The molecule has 362 valence electrons. The first-order valence-electron chi connectivity index (χ1n) is 23.8. The molecule has 22 nitrogen and oxygen atoms in total. The highest BCUT2D eigenvalue weighted by Crippen LogP contribution is 2.33. The number of oxazole rings is 1. The molecule has 2 saturated heterocycles. The molecule has 22 heteroatoms. The van der Waals surface area contributed by atoms with E-state index in [1.165, 1.54) is 11.9 Å². The Morgan fingerprint density at radius 2 is 1.43 bits per heavy atom. The Labute approximate surface area is 402 Å². The molecule has 9 heterocycles. The molecule has 0 aliphatic carbocycles. The number of hydrogen-bond acceptors (Lipinski definition) is 19. The van der Waals surface area contributed by atoms with Gasteiger partial charge < -0.3 is 45.3 Å². The van der Waals surface area contributed by atoms with Crippen molar-refractivity contribution in [2.24, 2.45) is 0 Å². The Morgan fingerprint density at radius 1 is 0.714 bits per heavy atom. The maximum absolute atomic E-state index is 13.7. The van der Waals surface area contributed by atoms with Crippen molar-refractivity contribution in [1.82, 2.24) is 64.3 Å². The van der Waals surface area contributed by atoms with Crippen molar-refractivity contribution in [2.45, 2.75) is 32.5 Å². The quantitative estimate of drug-likeness (QED) is 0.138. The molecule has 0 atom stereocenters. The number of ether oxygens (including phenoxy) is 1. The lowest BCUT2D eigenvalue weighted by molar-refractivity contribution is -0.135. The van der Waals surface area contributed by atoms with Crippen LogP contribution in [0, 0.1) is 0 Å². The van der Waals surface area contributed by atoms with Crippen molar-refractivity contribution in [2.75, 3.05) is 120 Å². The minimum Gasteiger partial charge on any atom is -0.424 e. The molecule has 0 spiro atoms. The van der Waals surface area contributed by atoms with Gasteiger partial charge in [-0.25, -0.2) is 34.6 Å². The summed E-state index contributed by atoms with van der Waals surface area (Å²) in [6.07, 6.45) is 7.97. The fourth-order valence-electron chi connectivity index (χ4n) is 9.87. The summed E-state index contributed by atoms with van der Waals surface area (Å²) in [5.74, 6) is 1.38. The molecule has 0 saturated carbocycles. The lowest BCUT2D eigenvalue weighted by atomic mass is 9.97. The third kappa shape index (κ3) is 9.37. The number of aliphatic hydroxyl groups excluding tert-OH is 1. The number of amides is 2. The SMILES string of the molecule is Nc1nc2cc(-c3nn(Cc4ccc5c(c4)CCN(C(=O)c4cnc(N6CCN(CCOCCN7CCN(c8ncc9c(n8)CCN(C(=O)CO)C9)CC7)CC6)nc4)C5)c4ncnc(N)c34)ccc2o1. The van der Waals surface area contributed by atoms with Crippen LogP contribution in [-0.4, -0.2) is 180 Å². The van der Waals surface area contributed by atoms with E-state index in [0.29, 0.717) is 97.5 Å². The number of nitrogens with two attached hydrogens (primary N) is 2. The van der Waals surface area contributed by atoms with Gasteiger partial charge in [-0.2, -0.15) is 10.1 Å². The second-order valence-corrected chi connectivity index (χ2v) is 18.2. The molecule has 2 fully saturated rings. The van der Waals surface area contributed by atoms with Gasteiger partial charge in [0.05, 0.1) is 36.4 Å². The molecule has 11 rings (SSSR count). The molecule has 0 unspecified atom stereocenters. The summed E-state index contributed by atoms with van der Waals surface area (Å²) >= 11 is 0. The molecule has 5 aromatic heterocycles. The molecule has 7 aromatic rings. The molecular formula is C48H55N17O5. The maximum Gasteiger partial charge on any atom is 0.292 e. The van der Waals surface area contributed by atoms with E-state index in [0.717, 1.165) is 106 Å². The number of aromatic nitrogens is 9. The molecule has 2 aromatic carbocycles. The Kier molecular flexibility index (Phi) is 12.6. The van der Waals surface area contributed by atoms with E-state index in [-0.39, 0.29) is 17.8 Å². The van der Waals surface area contributed by atoms with Gasteiger partial charge in [-0.05, 0) is 41.3 Å². The largest absolute Gasteiger partial charge is 0.424 e. The van der Waals surface area contributed by atoms with E-state index in [1.54, 1.807) is 17.3 Å². The number of carbonyl (C=O) groups excluding carboxylic acids is 2. The first-order valence-corrected chi connectivity index (χ1v) is 23.8. The number of aliphatic hydroxyl groups is 1. The lowest BCUT2D eigenvalue weighted by Gasteiger charge is -2.35. The number of hydrogen-bond donors (Lipinski definition) is 3. The Morgan fingerprint density at radius 3 is 2.19 bits per heavy atom. The lowest BCUT2D eigenvalue weighted by Crippen LogP contribution is -2.48. The van der Waals surface area contributed by atoms with Gasteiger partial charge in [-0.1, -0.05) is 18.2 Å². The molecule has 5 N–H and O–H groups in total. The van der Waals surface area contributed by atoms with Crippen LogP contribution in [0.4, 0.5) is 23.7 Å². The highest BCUT2D eigenvalue weighted by atomic mass is 16.5. The van der Waals surface area contributed by atoms with Crippen molar-refractivity contribution in [3.63, 3.8) is 0 Å². The van der Waals surface area contributed by atoms with Gasteiger partial charge in [-0.3, -0.25) is 19.4 Å². The number of nitrogens with zero attached hydrogens (tertiary/aromatic N) is 15. The van der Waals surface area contributed by atoms with Gasteiger partial charge in [0.2, 0.25) is 17.8 Å². The van der Waals surface area contributed by atoms with E-state index >= 15 is 0 Å². The highest BCUT2D eigenvalue weighted by Gasteiger charge is 2.27. The summed E-state index contributed by atoms with van der Waals surface area (Å²) in [5, 5.41) is 14.8. The second-order valence-electron chi connectivity index (χ2n) is 18.2. The molecule has 2 amide bonds. The van der Waals surface area contributed by atoms with Crippen LogP contribution in [0.5, 0.6) is 0 Å². The smallest absolute Gasteiger partial charge is 0.292 e. The number of carbonyl (C=O) groups is 2. The zero-order valence-electron chi connectivity index (χ0n) is 38.9. The minimum absolute atomic E-state index is 0.0817. The van der Waals surface area contributed by atoms with Crippen LogP contribution in [0.2, 0.25) is 0 Å². The summed E-state index contributed by atoms with van der Waals surface area (Å²) in [6, 6.07) is 12.0. The Balaban J connectivity index is 0.609. The van der Waals surface area contributed by atoms with Crippen LogP contribution in [0.3, 0.4) is 0 Å². The highest BCUT2D eigenvalue weighted by molar-refractivity contribution is 5.99. The zero-order chi connectivity index (χ0) is 47.7. The fraction of sp³-hybridized carbons (Fsp3) is 0.417. The van der Waals surface area contributed by atoms with Gasteiger partial charge in [0, 0.05) is 128 Å². The summed E-state index contributed by atoms with van der Waals surface area (Å²) in [7, 11) is 0. The van der Waals surface area contributed by atoms with E-state index in [1.807, 2.05) is 34.0 Å². The topological polar surface area (TPSA) is 256 Å². The van der Waals surface area contributed by atoms with Crippen LogP contribution < -0.4 is 21.3 Å². The molecular weight excluding hydrogens is 895 g/mol. The van der Waals surface area contributed by atoms with E-state index in [4.69, 9.17) is 30.7 Å². The minimum atomic E-state index is -0.474. The number of rotatable bonds is 13. The van der Waals surface area contributed by atoms with Crippen molar-refractivity contribution < 1.29 is 23.8 Å². The number of piperazine rings is 2. The number of nitrogen functional groups attached to an aromatic ring is 2. The van der Waals surface area contributed by atoms with Gasteiger partial charge >= 0.3 is 0 Å². The van der Waals surface area contributed by atoms with Crippen LogP contribution in [0.1, 0.15) is 38.3 Å². The van der Waals surface area contributed by atoms with Crippen LogP contribution in [-0.2, 0) is 42.0 Å². The average Bonchev–Trinajstić information content (AvgIpc) is 3.97. The zero-order valence-corrected chi connectivity index (χ0v) is 38.9. The first-order chi connectivity index (χ1) is 34.2. The number of benzene rings is 2. The summed E-state index contributed by atoms with van der Waals surface area (Å²) < 4.78 is 13.4. The monoisotopic (exact) mass is 949 g/mol. The van der Waals surface area contributed by atoms with Gasteiger partial charge in [0.15, 0.2) is 11.2 Å². The first kappa shape index (κ1) is 45.1. The predicted octanol–water partition coefficient (Wildman–Crippen LogP) is 1.46. The van der Waals surface area contributed by atoms with E-state index in [2.05, 4.69) is 67.7 Å². The fourth-order valence-corrected chi connectivity index (χ4v) is 9.87. The van der Waals surface area contributed by atoms with Crippen LogP contribution >= 0.6 is 0 Å². The molecule has 70 heavy (non-hydrogen) atoms. The van der Waals surface area contributed by atoms with Crippen LogP contribution in [0.15, 0.2) is 65.7 Å². The van der Waals surface area contributed by atoms with Crippen molar-refractivity contribution in [3.05, 3.63) is 94.8 Å². The molecule has 0 bridgehead atoms. The van der Waals surface area contributed by atoms with E-state index in [9.17, 15) is 14.7 Å². The maximum atomic E-state index is 13.7. The summed E-state index contributed by atoms with van der Waals surface area (Å²) in [4.78, 5) is 70.1. The average molecular weight is 950 g/mol. The third-order valence-corrected chi connectivity index (χ3v) is 13.8. The van der Waals surface area contributed by atoms with Crippen molar-refractivity contribution >= 4 is 57.7 Å². The summed E-state index contributed by atoms with van der Waals surface area (Å²) in [6.45, 7) is 12.1. The predicted molar refractivity (Wildman–Crippen MR) is 260 cm³/mol. The van der Waals surface area contributed by atoms with Crippen LogP contribution in [0.25, 0.3) is 33.4 Å². The molecule has 4 aliphatic rings. The molecule has 4 aliphatic heterocycles. The Hall–Kier alpha value is -7.40. The number of fused-ring (bicyclic) bond motifs is 4. The van der Waals surface area contributed by atoms with Crippen molar-refractivity contribution in [1.29, 1.82) is 0 Å². The summed E-state index contributed by atoms with van der Waals surface area (Å²) in [5.41, 5.74) is 21.2. The van der Waals surface area contributed by atoms with E-state index < -0.39 is 6.61 Å². The normalized spacial score (nSPS) is 16.8. The Bertz CT molecular complexity index is 3040. The molecule has 0 radical (unpaired) electrons. The van der Waals surface area contributed by atoms with Crippen molar-refractivity contribution in [3.8, 4) is 11.3 Å². The standard InChI is InChI=1S/C48H55N17O5/c49-43-41-42(33-3-4-39-38(22-33)56-46(50)70-39)58-65(44(41)55-30-54-43)26-31-1-2-34-27-64(7-5-32(34)21-31)45(68)35-23-51-47(52-24-35)61-13-9-59(10-14-61)17-19-69-20-18-60-11-15-62(16-12-60)48-53-25-36-28-63(40(67)29-66)8-6-37(36)57-48/h1-4,21-25,30,66H,5-20,26-29H2,(H2,50,56)(H2,49,54,55). The second kappa shape index (κ2) is 19.5.